The summed E-state index contributed by atoms with van der Waals surface area (Å²) < 4.78 is 32.0. The van der Waals surface area contributed by atoms with Gasteiger partial charge < -0.3 is 4.74 Å². The van der Waals surface area contributed by atoms with E-state index >= 15 is 0 Å². The van der Waals surface area contributed by atoms with Crippen LogP contribution in [-0.2, 0) is 14.8 Å². The molecule has 0 fully saturated rings. The lowest BCUT2D eigenvalue weighted by Crippen LogP contribution is -2.35. The molecule has 0 bridgehead atoms. The minimum Gasteiger partial charge on any atom is -0.478 e. The fourth-order valence-corrected chi connectivity index (χ4v) is 5.14. The van der Waals surface area contributed by atoms with E-state index in [1.807, 2.05) is 0 Å². The number of carbonyl (C=O) groups excluding carboxylic acids is 1. The quantitative estimate of drug-likeness (QED) is 0.401. The van der Waals surface area contributed by atoms with Gasteiger partial charge in [0.2, 0.25) is 15.2 Å². The van der Waals surface area contributed by atoms with Crippen LogP contribution in [0.5, 0.6) is 5.75 Å². The minimum absolute atomic E-state index is 0.0841. The number of hydrogen-bond donors (Lipinski definition) is 1. The maximum atomic E-state index is 12.7. The van der Waals surface area contributed by atoms with E-state index in [-0.39, 0.29) is 18.7 Å². The molecule has 1 aromatic carbocycles. The first kappa shape index (κ1) is 20.9. The predicted molar refractivity (Wildman–Crippen MR) is 112 cm³/mol. The second kappa shape index (κ2) is 8.68. The number of fused-ring (bicyclic) bond motifs is 1. The molecule has 1 N–H and O–H groups in total. The Morgan fingerprint density at radius 1 is 1.54 bits per heavy atom. The normalized spacial score (nSPS) is 16.6. The predicted octanol–water partition coefficient (Wildman–Crippen LogP) is 3.03. The number of nitrogens with zero attached hydrogens (tertiary/aromatic N) is 3. The van der Waals surface area contributed by atoms with Crippen LogP contribution in [0.25, 0.3) is 0 Å². The molecule has 0 spiro atoms. The summed E-state index contributed by atoms with van der Waals surface area (Å²) >= 11 is 8.72. The molecule has 1 unspecified atom stereocenters. The van der Waals surface area contributed by atoms with Crippen LogP contribution >= 0.6 is 34.7 Å². The van der Waals surface area contributed by atoms with Gasteiger partial charge >= 0.3 is 0 Å². The maximum absolute atomic E-state index is 12.7. The fourth-order valence-electron chi connectivity index (χ4n) is 2.52. The summed E-state index contributed by atoms with van der Waals surface area (Å²) in [6, 6.07) is 4.64. The van der Waals surface area contributed by atoms with Crippen molar-refractivity contribution in [3.8, 4) is 5.75 Å². The second-order valence-corrected chi connectivity index (χ2v) is 10.4. The summed E-state index contributed by atoms with van der Waals surface area (Å²) in [5.74, 6) is 0.536. The van der Waals surface area contributed by atoms with E-state index in [4.69, 9.17) is 16.3 Å². The van der Waals surface area contributed by atoms with Crippen molar-refractivity contribution < 1.29 is 17.9 Å². The van der Waals surface area contributed by atoms with Crippen LogP contribution in [0.15, 0.2) is 35.2 Å². The molecule has 2 aromatic rings. The van der Waals surface area contributed by atoms with Crippen molar-refractivity contribution >= 4 is 61.4 Å². The van der Waals surface area contributed by atoms with Crippen LogP contribution in [0.1, 0.15) is 6.42 Å². The lowest BCUT2D eigenvalue weighted by Gasteiger charge is -2.21. The smallest absolute Gasteiger partial charge is 0.267 e. The van der Waals surface area contributed by atoms with Crippen molar-refractivity contribution in [2.45, 2.75) is 16.9 Å². The fraction of sp³-hybridized carbons (Fsp3) is 0.312. The second-order valence-electron chi connectivity index (χ2n) is 5.80. The highest BCUT2D eigenvalue weighted by molar-refractivity contribution is 8.01. The van der Waals surface area contributed by atoms with Crippen molar-refractivity contribution in [1.82, 2.24) is 10.2 Å². The van der Waals surface area contributed by atoms with E-state index in [2.05, 4.69) is 22.1 Å². The zero-order chi connectivity index (χ0) is 20.3. The summed E-state index contributed by atoms with van der Waals surface area (Å²) in [6.07, 6.45) is 2.13. The van der Waals surface area contributed by atoms with E-state index in [9.17, 15) is 13.2 Å². The topological polar surface area (TPSA) is 101 Å². The van der Waals surface area contributed by atoms with E-state index in [1.54, 1.807) is 18.2 Å². The van der Waals surface area contributed by atoms with Crippen molar-refractivity contribution in [1.29, 1.82) is 0 Å². The average Bonchev–Trinajstić information content (AvgIpc) is 2.96. The number of amides is 1. The summed E-state index contributed by atoms with van der Waals surface area (Å²) in [7, 11) is -3.56. The molecule has 0 saturated heterocycles. The Morgan fingerprint density at radius 2 is 2.32 bits per heavy atom. The molecule has 28 heavy (non-hydrogen) atoms. The number of sulfonamides is 1. The number of ether oxygens (including phenoxy) is 1. The Kier molecular flexibility index (Phi) is 6.48. The van der Waals surface area contributed by atoms with Crippen molar-refractivity contribution in [3.05, 3.63) is 35.9 Å². The van der Waals surface area contributed by atoms with Gasteiger partial charge in [0.05, 0.1) is 11.9 Å². The van der Waals surface area contributed by atoms with E-state index in [0.717, 1.165) is 6.26 Å². The first-order valence-corrected chi connectivity index (χ1v) is 12.1. The zero-order valence-corrected chi connectivity index (χ0v) is 18.0. The van der Waals surface area contributed by atoms with E-state index < -0.39 is 22.0 Å². The van der Waals surface area contributed by atoms with Crippen LogP contribution in [0.4, 0.5) is 10.8 Å². The highest BCUT2D eigenvalue weighted by Crippen LogP contribution is 2.36. The Labute approximate surface area is 176 Å². The van der Waals surface area contributed by atoms with Crippen LogP contribution in [0, 0.1) is 0 Å². The Morgan fingerprint density at radius 3 is 3.04 bits per heavy atom. The number of anilines is 2. The SMILES string of the molecule is C=CCSc1nnc(NC(=O)C2CCN(S(C)(=O)=O)c3cc(Cl)ccc3O2)s1. The van der Waals surface area contributed by atoms with Gasteiger partial charge in [0.15, 0.2) is 10.4 Å². The lowest BCUT2D eigenvalue weighted by molar-refractivity contribution is -0.122. The number of carbonyl (C=O) groups is 1. The molecule has 1 amide bonds. The monoisotopic (exact) mass is 460 g/mol. The van der Waals surface area contributed by atoms with Crippen LogP contribution in [-0.4, -0.2) is 49.2 Å². The number of halogens is 1. The van der Waals surface area contributed by atoms with E-state index in [0.29, 0.717) is 25.9 Å². The van der Waals surface area contributed by atoms with Gasteiger partial charge in [0, 0.05) is 23.7 Å². The number of rotatable bonds is 6. The first-order valence-electron chi connectivity index (χ1n) is 8.10. The van der Waals surface area contributed by atoms with Gasteiger partial charge in [-0.1, -0.05) is 40.8 Å². The van der Waals surface area contributed by atoms with Crippen molar-refractivity contribution in [2.75, 3.05) is 28.2 Å². The van der Waals surface area contributed by atoms with Gasteiger partial charge in [-0.3, -0.25) is 14.4 Å². The zero-order valence-electron chi connectivity index (χ0n) is 14.8. The number of aromatic nitrogens is 2. The summed E-state index contributed by atoms with van der Waals surface area (Å²) in [5, 5.41) is 11.3. The lowest BCUT2D eigenvalue weighted by atomic mass is 10.2. The van der Waals surface area contributed by atoms with Gasteiger partial charge in [-0.2, -0.15) is 0 Å². The molecule has 3 rings (SSSR count). The van der Waals surface area contributed by atoms with Gasteiger partial charge in [-0.05, 0) is 18.2 Å². The highest BCUT2D eigenvalue weighted by Gasteiger charge is 2.31. The molecule has 8 nitrogen and oxygen atoms in total. The van der Waals surface area contributed by atoms with Gasteiger partial charge in [0.1, 0.15) is 5.75 Å². The molecule has 0 saturated carbocycles. The molecule has 2 heterocycles. The van der Waals surface area contributed by atoms with Crippen molar-refractivity contribution in [3.63, 3.8) is 0 Å². The van der Waals surface area contributed by atoms with Crippen molar-refractivity contribution in [2.24, 2.45) is 0 Å². The summed E-state index contributed by atoms with van der Waals surface area (Å²) in [4.78, 5) is 12.7. The highest BCUT2D eigenvalue weighted by atomic mass is 35.5. The molecular weight excluding hydrogens is 444 g/mol. The third kappa shape index (κ3) is 4.96. The van der Waals surface area contributed by atoms with Crippen LogP contribution < -0.4 is 14.4 Å². The third-order valence-corrected chi connectivity index (χ3v) is 7.09. The third-order valence-electron chi connectivity index (χ3n) is 3.71. The molecule has 0 aliphatic carbocycles. The first-order chi connectivity index (χ1) is 13.3. The number of hydrogen-bond acceptors (Lipinski definition) is 8. The molecule has 12 heteroatoms. The van der Waals surface area contributed by atoms with Crippen LogP contribution in [0.2, 0.25) is 5.02 Å². The molecule has 1 aliphatic heterocycles. The Bertz CT molecular complexity index is 996. The standard InChI is InChI=1S/C16H17ClN4O4S3/c1-3-8-26-16-20-19-15(27-16)18-14(22)13-6-7-21(28(2,23)24)11-9-10(17)4-5-12(11)25-13/h3-5,9,13H,1,6-8H2,2H3,(H,18,19,22). The minimum atomic E-state index is -3.56. The molecule has 150 valence electrons. The van der Waals surface area contributed by atoms with Gasteiger partial charge in [-0.25, -0.2) is 8.42 Å². The molecule has 1 aromatic heterocycles. The summed E-state index contributed by atoms with van der Waals surface area (Å²) in [6.45, 7) is 3.73. The number of thioether (sulfide) groups is 1. The van der Waals surface area contributed by atoms with Crippen LogP contribution in [0.3, 0.4) is 0 Å². The number of benzene rings is 1. The molecular formula is C16H17ClN4O4S3. The summed E-state index contributed by atoms with van der Waals surface area (Å²) in [5.41, 5.74) is 0.310. The van der Waals surface area contributed by atoms with Gasteiger partial charge in [0.25, 0.3) is 5.91 Å². The number of nitrogens with one attached hydrogen (secondary N) is 1. The van der Waals surface area contributed by atoms with Gasteiger partial charge in [-0.15, -0.1) is 16.8 Å². The Hall–Kier alpha value is -1.82. The Balaban J connectivity index is 1.78. The average molecular weight is 461 g/mol. The molecule has 1 aliphatic rings. The largest absolute Gasteiger partial charge is 0.478 e. The molecule has 0 radical (unpaired) electrons. The molecule has 1 atom stereocenters. The van der Waals surface area contributed by atoms with E-state index in [1.165, 1.54) is 33.5 Å². The maximum Gasteiger partial charge on any atom is 0.267 e.